The molecule has 0 radical (unpaired) electrons. The van der Waals surface area contributed by atoms with E-state index in [4.69, 9.17) is 0 Å². The SMILES string of the molecule is CC(C)N1CCN(C(C)(C)C=O)CC1. The molecule has 0 aromatic carbocycles. The van der Waals surface area contributed by atoms with Gasteiger partial charge in [0.25, 0.3) is 0 Å². The average Bonchev–Trinajstić information content (AvgIpc) is 2.18. The Morgan fingerprint density at radius 2 is 1.64 bits per heavy atom. The Morgan fingerprint density at radius 3 is 2.00 bits per heavy atom. The second-order valence-electron chi connectivity index (χ2n) is 4.89. The van der Waals surface area contributed by atoms with Crippen molar-refractivity contribution in [2.45, 2.75) is 39.3 Å². The molecule has 1 aliphatic rings. The summed E-state index contributed by atoms with van der Waals surface area (Å²) in [6, 6.07) is 0.622. The van der Waals surface area contributed by atoms with Crippen LogP contribution < -0.4 is 0 Å². The van der Waals surface area contributed by atoms with Crippen LogP contribution in [0.4, 0.5) is 0 Å². The Morgan fingerprint density at radius 1 is 1.14 bits per heavy atom. The summed E-state index contributed by atoms with van der Waals surface area (Å²) in [6.07, 6.45) is 1.05. The molecule has 3 heteroatoms. The molecule has 0 aromatic heterocycles. The van der Waals surface area contributed by atoms with Crippen molar-refractivity contribution in [3.8, 4) is 0 Å². The van der Waals surface area contributed by atoms with E-state index in [1.807, 2.05) is 13.8 Å². The molecule has 0 amide bonds. The molecular weight excluding hydrogens is 176 g/mol. The highest BCUT2D eigenvalue weighted by molar-refractivity contribution is 5.62. The lowest BCUT2D eigenvalue weighted by Crippen LogP contribution is -2.56. The summed E-state index contributed by atoms with van der Waals surface area (Å²) in [5.74, 6) is 0. The lowest BCUT2D eigenvalue weighted by Gasteiger charge is -2.42. The van der Waals surface area contributed by atoms with Crippen molar-refractivity contribution in [3.63, 3.8) is 0 Å². The first-order chi connectivity index (χ1) is 6.47. The smallest absolute Gasteiger partial charge is 0.139 e. The van der Waals surface area contributed by atoms with E-state index >= 15 is 0 Å². The summed E-state index contributed by atoms with van der Waals surface area (Å²) in [4.78, 5) is 15.6. The van der Waals surface area contributed by atoms with Gasteiger partial charge in [0.15, 0.2) is 0 Å². The summed E-state index contributed by atoms with van der Waals surface area (Å²) in [5.41, 5.74) is -0.289. The van der Waals surface area contributed by atoms with Crippen molar-refractivity contribution in [1.29, 1.82) is 0 Å². The molecule has 0 N–H and O–H groups in total. The van der Waals surface area contributed by atoms with Crippen molar-refractivity contribution >= 4 is 6.29 Å². The highest BCUT2D eigenvalue weighted by Crippen LogP contribution is 2.15. The van der Waals surface area contributed by atoms with E-state index in [0.717, 1.165) is 32.5 Å². The van der Waals surface area contributed by atoms with Crippen LogP contribution in [-0.2, 0) is 4.79 Å². The molecule has 3 nitrogen and oxygen atoms in total. The van der Waals surface area contributed by atoms with Crippen LogP contribution in [-0.4, -0.2) is 53.8 Å². The number of carbonyl (C=O) groups excluding carboxylic acids is 1. The van der Waals surface area contributed by atoms with Gasteiger partial charge in [-0.3, -0.25) is 9.80 Å². The molecule has 1 rings (SSSR count). The Kier molecular flexibility index (Phi) is 3.67. The fourth-order valence-electron chi connectivity index (χ4n) is 1.89. The van der Waals surface area contributed by atoms with Gasteiger partial charge in [0, 0.05) is 32.2 Å². The van der Waals surface area contributed by atoms with Gasteiger partial charge in [0.2, 0.25) is 0 Å². The quantitative estimate of drug-likeness (QED) is 0.632. The maximum absolute atomic E-state index is 10.9. The van der Waals surface area contributed by atoms with Gasteiger partial charge < -0.3 is 4.79 Å². The van der Waals surface area contributed by atoms with E-state index in [1.165, 1.54) is 0 Å². The van der Waals surface area contributed by atoms with Crippen LogP contribution >= 0.6 is 0 Å². The van der Waals surface area contributed by atoms with Gasteiger partial charge in [-0.2, -0.15) is 0 Å². The molecule has 1 fully saturated rings. The predicted octanol–water partition coefficient (Wildman–Crippen LogP) is 0.990. The zero-order valence-electron chi connectivity index (χ0n) is 9.79. The van der Waals surface area contributed by atoms with Gasteiger partial charge in [0.05, 0.1) is 5.54 Å². The minimum atomic E-state index is -0.289. The lowest BCUT2D eigenvalue weighted by atomic mass is 10.0. The third-order valence-electron chi connectivity index (χ3n) is 3.15. The second kappa shape index (κ2) is 4.41. The number of carbonyl (C=O) groups is 1. The first-order valence-electron chi connectivity index (χ1n) is 5.43. The Bertz CT molecular complexity index is 193. The molecular formula is C11H22N2O. The zero-order valence-corrected chi connectivity index (χ0v) is 9.79. The first-order valence-corrected chi connectivity index (χ1v) is 5.43. The molecule has 0 spiro atoms. The molecule has 14 heavy (non-hydrogen) atoms. The molecule has 0 atom stereocenters. The summed E-state index contributed by atoms with van der Waals surface area (Å²) < 4.78 is 0. The molecule has 1 heterocycles. The number of hydrogen-bond donors (Lipinski definition) is 0. The first kappa shape index (κ1) is 11.7. The molecule has 0 saturated carbocycles. The van der Waals surface area contributed by atoms with Crippen LogP contribution in [0.3, 0.4) is 0 Å². The third-order valence-corrected chi connectivity index (χ3v) is 3.15. The Balaban J connectivity index is 2.47. The minimum absolute atomic E-state index is 0.289. The average molecular weight is 198 g/mol. The number of aldehydes is 1. The molecule has 0 unspecified atom stereocenters. The standard InChI is InChI=1S/C11H22N2O/c1-10(2)12-5-7-13(8-6-12)11(3,4)9-14/h9-10H,5-8H2,1-4H3. The predicted molar refractivity (Wildman–Crippen MR) is 58.4 cm³/mol. The summed E-state index contributed by atoms with van der Waals surface area (Å²) in [7, 11) is 0. The number of piperazine rings is 1. The van der Waals surface area contributed by atoms with Crippen LogP contribution in [0, 0.1) is 0 Å². The summed E-state index contributed by atoms with van der Waals surface area (Å²) >= 11 is 0. The van der Waals surface area contributed by atoms with E-state index in [1.54, 1.807) is 0 Å². The fraction of sp³-hybridized carbons (Fsp3) is 0.909. The minimum Gasteiger partial charge on any atom is -0.301 e. The molecule has 82 valence electrons. The van der Waals surface area contributed by atoms with Gasteiger partial charge in [-0.1, -0.05) is 0 Å². The van der Waals surface area contributed by atoms with Gasteiger partial charge in [-0.05, 0) is 27.7 Å². The molecule has 1 saturated heterocycles. The Labute approximate surface area is 87.1 Å². The van der Waals surface area contributed by atoms with E-state index in [-0.39, 0.29) is 5.54 Å². The third kappa shape index (κ3) is 2.55. The molecule has 1 aliphatic heterocycles. The van der Waals surface area contributed by atoms with E-state index < -0.39 is 0 Å². The van der Waals surface area contributed by atoms with Crippen molar-refractivity contribution < 1.29 is 4.79 Å². The number of rotatable bonds is 3. The normalized spacial score (nSPS) is 21.5. The lowest BCUT2D eigenvalue weighted by molar-refractivity contribution is -0.118. The van der Waals surface area contributed by atoms with Crippen molar-refractivity contribution in [1.82, 2.24) is 9.80 Å². The van der Waals surface area contributed by atoms with E-state index in [0.29, 0.717) is 6.04 Å². The van der Waals surface area contributed by atoms with Crippen LogP contribution in [0.2, 0.25) is 0 Å². The van der Waals surface area contributed by atoms with Crippen molar-refractivity contribution in [2.24, 2.45) is 0 Å². The van der Waals surface area contributed by atoms with E-state index in [2.05, 4.69) is 23.6 Å². The maximum Gasteiger partial charge on any atom is 0.139 e. The van der Waals surface area contributed by atoms with Crippen LogP contribution in [0.15, 0.2) is 0 Å². The fourth-order valence-corrected chi connectivity index (χ4v) is 1.89. The topological polar surface area (TPSA) is 23.6 Å². The highest BCUT2D eigenvalue weighted by atomic mass is 16.1. The largest absolute Gasteiger partial charge is 0.301 e. The monoisotopic (exact) mass is 198 g/mol. The summed E-state index contributed by atoms with van der Waals surface area (Å²) in [6.45, 7) is 12.6. The van der Waals surface area contributed by atoms with Crippen LogP contribution in [0.5, 0.6) is 0 Å². The van der Waals surface area contributed by atoms with Gasteiger partial charge in [0.1, 0.15) is 6.29 Å². The number of hydrogen-bond acceptors (Lipinski definition) is 3. The zero-order chi connectivity index (χ0) is 10.8. The van der Waals surface area contributed by atoms with Crippen LogP contribution in [0.1, 0.15) is 27.7 Å². The number of nitrogens with zero attached hydrogens (tertiary/aromatic N) is 2. The van der Waals surface area contributed by atoms with Crippen molar-refractivity contribution in [3.05, 3.63) is 0 Å². The van der Waals surface area contributed by atoms with Gasteiger partial charge >= 0.3 is 0 Å². The van der Waals surface area contributed by atoms with Gasteiger partial charge in [-0.15, -0.1) is 0 Å². The van der Waals surface area contributed by atoms with E-state index in [9.17, 15) is 4.79 Å². The molecule has 0 aromatic rings. The molecule has 0 bridgehead atoms. The van der Waals surface area contributed by atoms with Gasteiger partial charge in [-0.25, -0.2) is 0 Å². The highest BCUT2D eigenvalue weighted by Gasteiger charge is 2.29. The summed E-state index contributed by atoms with van der Waals surface area (Å²) in [5, 5.41) is 0. The van der Waals surface area contributed by atoms with Crippen molar-refractivity contribution in [2.75, 3.05) is 26.2 Å². The van der Waals surface area contributed by atoms with Crippen LogP contribution in [0.25, 0.3) is 0 Å². The maximum atomic E-state index is 10.9. The Hall–Kier alpha value is -0.410. The second-order valence-corrected chi connectivity index (χ2v) is 4.89. The molecule has 0 aliphatic carbocycles.